The van der Waals surface area contributed by atoms with Crippen molar-refractivity contribution in [2.75, 3.05) is 23.7 Å². The van der Waals surface area contributed by atoms with Crippen LogP contribution in [0, 0.1) is 23.2 Å². The van der Waals surface area contributed by atoms with Crippen molar-refractivity contribution >= 4 is 39.4 Å². The zero-order valence-electron chi connectivity index (χ0n) is 16.8. The van der Waals surface area contributed by atoms with Gasteiger partial charge in [-0.3, -0.25) is 5.32 Å². The normalized spacial score (nSPS) is 24.9. The molecular weight excluding hydrogens is 412 g/mol. The number of nitrogens with zero attached hydrogens (tertiary/aromatic N) is 5. The number of carbonyl (C=O) groups is 1. The van der Waals surface area contributed by atoms with Crippen LogP contribution in [0.4, 0.5) is 15.6 Å². The molecule has 3 atom stereocenters. The Labute approximate surface area is 183 Å². The molecule has 3 aromatic rings. The van der Waals surface area contributed by atoms with E-state index in [0.717, 1.165) is 61.3 Å². The number of amides is 2. The number of H-pyrrole nitrogens is 1. The Kier molecular flexibility index (Phi) is 4.31. The summed E-state index contributed by atoms with van der Waals surface area (Å²) in [5.74, 6) is 2.30. The number of nitriles is 1. The van der Waals surface area contributed by atoms with Crippen molar-refractivity contribution in [3.8, 4) is 6.07 Å². The van der Waals surface area contributed by atoms with E-state index in [2.05, 4.69) is 36.0 Å². The molecule has 0 bridgehead atoms. The van der Waals surface area contributed by atoms with Crippen LogP contribution in [-0.2, 0) is 0 Å². The molecule has 0 aromatic carbocycles. The summed E-state index contributed by atoms with van der Waals surface area (Å²) in [5, 5.41) is 17.6. The number of aromatic nitrogens is 4. The van der Waals surface area contributed by atoms with Crippen LogP contribution < -0.4 is 10.6 Å². The molecule has 10 heteroatoms. The minimum atomic E-state index is -0.0765. The topological polar surface area (TPSA) is 123 Å². The minimum absolute atomic E-state index is 0.0765. The highest BCUT2D eigenvalue weighted by Crippen LogP contribution is 2.41. The first-order chi connectivity index (χ1) is 15.2. The predicted octanol–water partition coefficient (Wildman–Crippen LogP) is 3.52. The quantitative estimate of drug-likeness (QED) is 0.577. The first-order valence-corrected chi connectivity index (χ1v) is 11.5. The van der Waals surface area contributed by atoms with Gasteiger partial charge in [-0.05, 0) is 43.6 Å². The zero-order chi connectivity index (χ0) is 20.9. The molecule has 2 saturated carbocycles. The van der Waals surface area contributed by atoms with E-state index in [1.54, 1.807) is 6.20 Å². The van der Waals surface area contributed by atoms with E-state index in [4.69, 9.17) is 0 Å². The molecule has 1 aliphatic heterocycles. The van der Waals surface area contributed by atoms with Crippen LogP contribution in [-0.4, -0.2) is 49.4 Å². The number of aromatic amines is 1. The third-order valence-corrected chi connectivity index (χ3v) is 7.34. The average Bonchev–Trinajstić information content (AvgIpc) is 3.13. The summed E-state index contributed by atoms with van der Waals surface area (Å²) in [5.41, 5.74) is 2.20. The van der Waals surface area contributed by atoms with Crippen molar-refractivity contribution in [1.82, 2.24) is 24.2 Å². The highest BCUT2D eigenvalue weighted by molar-refractivity contribution is 7.09. The molecule has 0 radical (unpaired) electrons. The van der Waals surface area contributed by atoms with Gasteiger partial charge in [0.1, 0.15) is 17.5 Å². The summed E-state index contributed by atoms with van der Waals surface area (Å²) in [7, 11) is 0. The lowest BCUT2D eigenvalue weighted by Gasteiger charge is -2.21. The molecular formula is C21H22N8OS. The van der Waals surface area contributed by atoms with Gasteiger partial charge in [0.05, 0.1) is 11.3 Å². The Morgan fingerprint density at radius 1 is 1.29 bits per heavy atom. The Hall–Kier alpha value is -3.19. The third-order valence-electron chi connectivity index (χ3n) is 6.69. The molecule has 3 aromatic heterocycles. The van der Waals surface area contributed by atoms with Crippen LogP contribution in [0.1, 0.15) is 43.0 Å². The van der Waals surface area contributed by atoms with Crippen LogP contribution in [0.5, 0.6) is 0 Å². The van der Waals surface area contributed by atoms with Crippen LogP contribution in [0.25, 0.3) is 11.0 Å². The Morgan fingerprint density at radius 3 is 2.84 bits per heavy atom. The average molecular weight is 435 g/mol. The van der Waals surface area contributed by atoms with Gasteiger partial charge >= 0.3 is 6.03 Å². The summed E-state index contributed by atoms with van der Waals surface area (Å²) in [6.45, 7) is 1.51. The molecule has 0 spiro atoms. The molecule has 2 amide bonds. The number of rotatable bonds is 4. The number of anilines is 2. The van der Waals surface area contributed by atoms with E-state index >= 15 is 0 Å². The monoisotopic (exact) mass is 434 g/mol. The first kappa shape index (κ1) is 18.6. The molecule has 3 N–H and O–H groups in total. The van der Waals surface area contributed by atoms with Gasteiger partial charge in [-0.25, -0.2) is 14.8 Å². The summed E-state index contributed by atoms with van der Waals surface area (Å²) < 4.78 is 4.36. The van der Waals surface area contributed by atoms with Crippen molar-refractivity contribution in [3.63, 3.8) is 0 Å². The number of nitrogens with one attached hydrogen (secondary N) is 3. The van der Waals surface area contributed by atoms with Gasteiger partial charge in [-0.15, -0.1) is 0 Å². The van der Waals surface area contributed by atoms with Crippen molar-refractivity contribution in [2.45, 2.75) is 37.6 Å². The van der Waals surface area contributed by atoms with Gasteiger partial charge in [-0.1, -0.05) is 0 Å². The van der Waals surface area contributed by atoms with Crippen LogP contribution in [0.15, 0.2) is 18.5 Å². The zero-order valence-corrected chi connectivity index (χ0v) is 17.7. The van der Waals surface area contributed by atoms with Crippen LogP contribution in [0.2, 0.25) is 0 Å². The second-order valence-electron chi connectivity index (χ2n) is 8.80. The number of fused-ring (bicyclic) bond motifs is 2. The molecule has 2 aliphatic carbocycles. The van der Waals surface area contributed by atoms with E-state index in [1.807, 2.05) is 17.2 Å². The SMILES string of the molecule is N#Cc1cnc2[nH]ccc2c1NC1C[C@@H]2CN(C(=O)Nc3nc(C4CC4)ns3)C[C@@H]2C1. The van der Waals surface area contributed by atoms with Crippen LogP contribution >= 0.6 is 11.5 Å². The first-order valence-electron chi connectivity index (χ1n) is 10.7. The molecule has 31 heavy (non-hydrogen) atoms. The number of hydrogen-bond donors (Lipinski definition) is 3. The van der Waals surface area contributed by atoms with Crippen molar-refractivity contribution in [1.29, 1.82) is 5.26 Å². The molecule has 1 saturated heterocycles. The highest BCUT2D eigenvalue weighted by atomic mass is 32.1. The molecule has 3 aliphatic rings. The smallest absolute Gasteiger partial charge is 0.323 e. The lowest BCUT2D eigenvalue weighted by Crippen LogP contribution is -2.34. The van der Waals surface area contributed by atoms with Crippen molar-refractivity contribution in [3.05, 3.63) is 29.8 Å². The minimum Gasteiger partial charge on any atom is -0.381 e. The van der Waals surface area contributed by atoms with Gasteiger partial charge in [0, 0.05) is 54.4 Å². The molecule has 158 valence electrons. The van der Waals surface area contributed by atoms with Gasteiger partial charge in [0.25, 0.3) is 0 Å². The fraction of sp³-hybridized carbons (Fsp3) is 0.476. The maximum Gasteiger partial charge on any atom is 0.323 e. The summed E-state index contributed by atoms with van der Waals surface area (Å²) in [4.78, 5) is 26.5. The van der Waals surface area contributed by atoms with E-state index in [0.29, 0.717) is 28.4 Å². The number of hydrogen-bond acceptors (Lipinski definition) is 7. The second-order valence-corrected chi connectivity index (χ2v) is 9.55. The van der Waals surface area contributed by atoms with Gasteiger partial charge in [0.15, 0.2) is 0 Å². The lowest BCUT2D eigenvalue weighted by atomic mass is 10.0. The Morgan fingerprint density at radius 2 is 2.10 bits per heavy atom. The predicted molar refractivity (Wildman–Crippen MR) is 117 cm³/mol. The molecule has 9 nitrogen and oxygen atoms in total. The number of likely N-dealkylation sites (tertiary alicyclic amines) is 1. The number of carbonyl (C=O) groups excluding carboxylic acids is 1. The summed E-state index contributed by atoms with van der Waals surface area (Å²) in [6, 6.07) is 4.42. The van der Waals surface area contributed by atoms with Crippen molar-refractivity contribution in [2.24, 2.45) is 11.8 Å². The second kappa shape index (κ2) is 7.20. The van der Waals surface area contributed by atoms with Crippen molar-refractivity contribution < 1.29 is 4.79 Å². The largest absolute Gasteiger partial charge is 0.381 e. The maximum atomic E-state index is 12.7. The molecule has 1 unspecified atom stereocenters. The maximum absolute atomic E-state index is 12.7. The Bertz CT molecular complexity index is 1180. The van der Waals surface area contributed by atoms with E-state index in [9.17, 15) is 10.1 Å². The van der Waals surface area contributed by atoms with E-state index in [1.165, 1.54) is 11.5 Å². The van der Waals surface area contributed by atoms with E-state index in [-0.39, 0.29) is 12.1 Å². The number of urea groups is 1. The Balaban J connectivity index is 1.09. The number of pyridine rings is 1. The third kappa shape index (κ3) is 3.39. The van der Waals surface area contributed by atoms with Crippen LogP contribution in [0.3, 0.4) is 0 Å². The fourth-order valence-electron chi connectivity index (χ4n) is 5.00. The summed E-state index contributed by atoms with van der Waals surface area (Å²) >= 11 is 1.27. The highest BCUT2D eigenvalue weighted by Gasteiger charge is 2.42. The summed E-state index contributed by atoms with van der Waals surface area (Å²) in [6.07, 6.45) is 7.73. The lowest BCUT2D eigenvalue weighted by molar-refractivity contribution is 0.218. The molecule has 3 fully saturated rings. The van der Waals surface area contributed by atoms with Gasteiger partial charge < -0.3 is 15.2 Å². The van der Waals surface area contributed by atoms with Gasteiger partial charge in [-0.2, -0.15) is 9.64 Å². The van der Waals surface area contributed by atoms with Gasteiger partial charge in [0.2, 0.25) is 5.13 Å². The molecule has 4 heterocycles. The standard InChI is InChI=1S/C21H22N8OS/c22-7-14-8-24-19-16(3-4-23-19)17(14)25-15-5-12-9-29(10-13(12)6-15)21(30)27-20-26-18(28-31-20)11-1-2-11/h3-4,8,11-13,15H,1-2,5-6,9-10H2,(H2,23,24,25)(H,26,27,28,30)/t12-,13+,15?. The molecule has 6 rings (SSSR count). The van der Waals surface area contributed by atoms with E-state index < -0.39 is 0 Å². The fourth-order valence-corrected chi connectivity index (χ4v) is 5.64.